The summed E-state index contributed by atoms with van der Waals surface area (Å²) in [6.07, 6.45) is 6.40. The van der Waals surface area contributed by atoms with E-state index in [4.69, 9.17) is 14.6 Å². The number of hydrogen-bond acceptors (Lipinski definition) is 5. The monoisotopic (exact) mass is 644 g/mol. The smallest absolute Gasteiger partial charge is 0.335 e. The van der Waals surface area contributed by atoms with Gasteiger partial charge in [-0.2, -0.15) is 0 Å². The number of benzene rings is 4. The van der Waals surface area contributed by atoms with Crippen molar-refractivity contribution in [1.82, 2.24) is 0 Å². The number of aliphatic hydroxyl groups is 1. The van der Waals surface area contributed by atoms with Gasteiger partial charge in [-0.15, -0.1) is 0 Å². The van der Waals surface area contributed by atoms with Gasteiger partial charge in [0.05, 0.1) is 25.4 Å². The maximum absolute atomic E-state index is 12.0. The van der Waals surface area contributed by atoms with Crippen LogP contribution in [0.4, 0.5) is 0 Å². The number of unbranched alkanes of at least 4 members (excludes halogenated alkanes) is 2. The summed E-state index contributed by atoms with van der Waals surface area (Å²) in [7, 11) is 0. The topological polar surface area (TPSA) is 72.8 Å². The molecule has 0 aromatic heterocycles. The predicted molar refractivity (Wildman–Crippen MR) is 196 cm³/mol. The average Bonchev–Trinajstić information content (AvgIpc) is 3.12. The maximum atomic E-state index is 12.0. The van der Waals surface area contributed by atoms with E-state index in [0.29, 0.717) is 12.0 Å². The van der Waals surface area contributed by atoms with E-state index >= 15 is 0 Å². The summed E-state index contributed by atoms with van der Waals surface area (Å²) < 4.78 is 10.7. The zero-order chi connectivity index (χ0) is 34.5. The number of aryl methyl sites for hydroxylation is 2. The van der Waals surface area contributed by atoms with Crippen molar-refractivity contribution in [3.05, 3.63) is 132 Å². The second-order valence-corrected chi connectivity index (χ2v) is 12.5. The summed E-state index contributed by atoms with van der Waals surface area (Å²) >= 11 is 0. The number of aliphatic hydroxyl groups excluding tert-OH is 1. The summed E-state index contributed by atoms with van der Waals surface area (Å²) in [5.74, 6) is -1.44. The lowest BCUT2D eigenvalue weighted by Gasteiger charge is -2.18. The molecule has 0 fully saturated rings. The van der Waals surface area contributed by atoms with Crippen molar-refractivity contribution in [2.75, 3.05) is 19.8 Å². The fourth-order valence-corrected chi connectivity index (χ4v) is 5.64. The van der Waals surface area contributed by atoms with Gasteiger partial charge >= 0.3 is 11.9 Å². The molecule has 250 valence electrons. The van der Waals surface area contributed by atoms with Gasteiger partial charge in [-0.1, -0.05) is 131 Å². The van der Waals surface area contributed by atoms with Crippen molar-refractivity contribution in [2.45, 2.75) is 59.3 Å². The first-order valence-electron chi connectivity index (χ1n) is 16.9. The second-order valence-electron chi connectivity index (χ2n) is 12.5. The average molecular weight is 645 g/mol. The summed E-state index contributed by atoms with van der Waals surface area (Å²) in [4.78, 5) is 24.0. The minimum absolute atomic E-state index is 0.0236. The van der Waals surface area contributed by atoms with Gasteiger partial charge in [0.2, 0.25) is 0 Å². The first-order valence-corrected chi connectivity index (χ1v) is 16.9. The summed E-state index contributed by atoms with van der Waals surface area (Å²) in [5, 5.41) is 9.16. The van der Waals surface area contributed by atoms with Crippen molar-refractivity contribution in [2.24, 2.45) is 5.92 Å². The number of rotatable bonds is 17. The molecule has 5 nitrogen and oxygen atoms in total. The minimum Gasteiger partial charge on any atom is -0.462 e. The zero-order valence-electron chi connectivity index (χ0n) is 28.6. The predicted octanol–water partition coefficient (Wildman–Crippen LogP) is 9.35. The SMILES string of the molecule is C=C(C)C(=O)OCC(COC(=O)C(=C)CO)Cc1ccc(-c2ccc(-c3ccc(-c4ccc(CCCCC)cc4)c(CC)c3)cc2)cc1. The minimum atomic E-state index is -0.669. The first kappa shape index (κ1) is 36.1. The lowest BCUT2D eigenvalue weighted by atomic mass is 9.92. The molecule has 1 unspecified atom stereocenters. The Balaban J connectivity index is 1.43. The van der Waals surface area contributed by atoms with Crippen molar-refractivity contribution >= 4 is 11.9 Å². The van der Waals surface area contributed by atoms with Crippen molar-refractivity contribution in [1.29, 1.82) is 0 Å². The van der Waals surface area contributed by atoms with Crippen LogP contribution in [0.3, 0.4) is 0 Å². The Morgan fingerprint density at radius 1 is 0.688 bits per heavy atom. The van der Waals surface area contributed by atoms with Crippen LogP contribution < -0.4 is 0 Å². The van der Waals surface area contributed by atoms with Gasteiger partial charge in [-0.05, 0) is 82.7 Å². The molecule has 0 spiro atoms. The van der Waals surface area contributed by atoms with Gasteiger partial charge in [0.1, 0.15) is 0 Å². The lowest BCUT2D eigenvalue weighted by Crippen LogP contribution is -2.24. The Kier molecular flexibility index (Phi) is 13.5. The van der Waals surface area contributed by atoms with Gasteiger partial charge in [0.15, 0.2) is 0 Å². The normalized spacial score (nSPS) is 11.5. The molecule has 0 saturated heterocycles. The van der Waals surface area contributed by atoms with E-state index in [2.05, 4.69) is 106 Å². The van der Waals surface area contributed by atoms with Crippen LogP contribution in [0.2, 0.25) is 0 Å². The zero-order valence-corrected chi connectivity index (χ0v) is 28.6. The quantitative estimate of drug-likeness (QED) is 0.0705. The van der Waals surface area contributed by atoms with E-state index < -0.39 is 18.5 Å². The van der Waals surface area contributed by atoms with Crippen LogP contribution in [-0.2, 0) is 38.3 Å². The molecule has 1 N–H and O–H groups in total. The Labute approximate surface area is 286 Å². The van der Waals surface area contributed by atoms with Gasteiger partial charge in [-0.25, -0.2) is 9.59 Å². The van der Waals surface area contributed by atoms with Crippen LogP contribution in [0.15, 0.2) is 115 Å². The van der Waals surface area contributed by atoms with Gasteiger partial charge in [0, 0.05) is 11.5 Å². The van der Waals surface area contributed by atoms with Gasteiger partial charge in [0.25, 0.3) is 0 Å². The number of ether oxygens (including phenoxy) is 2. The summed E-state index contributed by atoms with van der Waals surface area (Å²) in [6, 6.07) is 32.7. The summed E-state index contributed by atoms with van der Waals surface area (Å²) in [6.45, 7) is 12.8. The molecule has 0 aliphatic heterocycles. The van der Waals surface area contributed by atoms with Crippen molar-refractivity contribution in [3.63, 3.8) is 0 Å². The maximum Gasteiger partial charge on any atom is 0.335 e. The third kappa shape index (κ3) is 10.1. The van der Waals surface area contributed by atoms with E-state index in [9.17, 15) is 9.59 Å². The van der Waals surface area contributed by atoms with Gasteiger partial charge < -0.3 is 14.6 Å². The third-order valence-corrected chi connectivity index (χ3v) is 8.58. The lowest BCUT2D eigenvalue weighted by molar-refractivity contribution is -0.144. The van der Waals surface area contributed by atoms with Crippen molar-refractivity contribution < 1.29 is 24.2 Å². The van der Waals surface area contributed by atoms with E-state index in [0.717, 1.165) is 29.5 Å². The largest absolute Gasteiger partial charge is 0.462 e. The van der Waals surface area contributed by atoms with Crippen LogP contribution in [0.5, 0.6) is 0 Å². The van der Waals surface area contributed by atoms with E-state index in [1.807, 2.05) is 12.1 Å². The highest BCUT2D eigenvalue weighted by Crippen LogP contribution is 2.31. The number of hydrogen-bond donors (Lipinski definition) is 1. The molecule has 48 heavy (non-hydrogen) atoms. The molecule has 4 aromatic rings. The molecule has 1 atom stereocenters. The van der Waals surface area contributed by atoms with Gasteiger partial charge in [-0.3, -0.25) is 0 Å². The Morgan fingerprint density at radius 2 is 1.21 bits per heavy atom. The standard InChI is InChI=1S/C43H48O5/c1-6-8-9-10-32-11-17-39(18-12-32)41-24-23-40(26-35(41)7-2)38-21-19-37(20-22-38)36-15-13-33(14-16-36)25-34(28-47-42(45)30(3)4)29-48-43(46)31(5)27-44/h11-24,26,34,44H,3,5-10,25,27-29H2,1-2,4H3. The Hall–Kier alpha value is -4.74. The molecule has 0 amide bonds. The third-order valence-electron chi connectivity index (χ3n) is 8.58. The molecule has 0 aliphatic rings. The molecule has 5 heteroatoms. The highest BCUT2D eigenvalue weighted by atomic mass is 16.5. The Morgan fingerprint density at radius 3 is 1.77 bits per heavy atom. The van der Waals surface area contributed by atoms with E-state index in [1.165, 1.54) is 52.6 Å². The number of esters is 2. The fraction of sp³-hybridized carbons (Fsp3) is 0.302. The second kappa shape index (κ2) is 18.0. The molecule has 4 rings (SSSR count). The highest BCUT2D eigenvalue weighted by molar-refractivity contribution is 5.88. The summed E-state index contributed by atoms with van der Waals surface area (Å²) in [5.41, 5.74) is 11.2. The van der Waals surface area contributed by atoms with Crippen LogP contribution in [0.25, 0.3) is 33.4 Å². The van der Waals surface area contributed by atoms with E-state index in [-0.39, 0.29) is 24.7 Å². The highest BCUT2D eigenvalue weighted by Gasteiger charge is 2.18. The van der Waals surface area contributed by atoms with Crippen LogP contribution in [0, 0.1) is 5.92 Å². The molecule has 0 aliphatic carbocycles. The molecule has 0 bridgehead atoms. The molecule has 4 aromatic carbocycles. The number of carbonyl (C=O) groups is 2. The van der Waals surface area contributed by atoms with Crippen LogP contribution in [-0.4, -0.2) is 36.9 Å². The van der Waals surface area contributed by atoms with E-state index in [1.54, 1.807) is 6.92 Å². The van der Waals surface area contributed by atoms with Crippen molar-refractivity contribution in [3.8, 4) is 33.4 Å². The molecule has 0 saturated carbocycles. The molecular weight excluding hydrogens is 596 g/mol. The Bertz CT molecular complexity index is 1680. The van der Waals surface area contributed by atoms with Crippen LogP contribution >= 0.6 is 0 Å². The molecular formula is C43H48O5. The fourth-order valence-electron chi connectivity index (χ4n) is 5.64. The first-order chi connectivity index (χ1) is 23.2. The number of carbonyl (C=O) groups excluding carboxylic acids is 2. The van der Waals surface area contributed by atoms with Crippen LogP contribution in [0.1, 0.15) is 56.7 Å². The molecule has 0 heterocycles. The molecule has 0 radical (unpaired) electrons.